The van der Waals surface area contributed by atoms with E-state index in [1.54, 1.807) is 60.7 Å². The highest BCUT2D eigenvalue weighted by atomic mass is 16.4. The summed E-state index contributed by atoms with van der Waals surface area (Å²) in [5, 5.41) is 30.1. The number of hydrogen-bond donors (Lipinski definition) is 4. The molecule has 136 valence electrons. The number of aliphatic carboxylic acids is 2. The van der Waals surface area contributed by atoms with E-state index >= 15 is 0 Å². The highest BCUT2D eigenvalue weighted by Crippen LogP contribution is 2.25. The summed E-state index contributed by atoms with van der Waals surface area (Å²) in [6, 6.07) is 15.8. The molecule has 26 heavy (non-hydrogen) atoms. The molecule has 7 nitrogen and oxygen atoms in total. The third kappa shape index (κ3) is 4.90. The van der Waals surface area contributed by atoms with Crippen molar-refractivity contribution in [1.82, 2.24) is 5.32 Å². The maximum atomic E-state index is 12.8. The number of carbonyl (C=O) groups is 3. The van der Waals surface area contributed by atoms with Crippen LogP contribution in [-0.4, -0.2) is 45.3 Å². The first-order valence-electron chi connectivity index (χ1n) is 7.93. The van der Waals surface area contributed by atoms with Gasteiger partial charge in [-0.15, -0.1) is 0 Å². The molecule has 7 heteroatoms. The van der Waals surface area contributed by atoms with Gasteiger partial charge in [-0.2, -0.15) is 0 Å². The monoisotopic (exact) mass is 357 g/mol. The van der Waals surface area contributed by atoms with Crippen LogP contribution in [0.2, 0.25) is 0 Å². The summed E-state index contributed by atoms with van der Waals surface area (Å²) >= 11 is 0. The molecule has 0 aliphatic heterocycles. The summed E-state index contributed by atoms with van der Waals surface area (Å²) in [5.41, 5.74) is 1.29. The van der Waals surface area contributed by atoms with Gasteiger partial charge in [-0.3, -0.25) is 9.59 Å². The molecule has 0 radical (unpaired) electrons. The van der Waals surface area contributed by atoms with E-state index in [0.29, 0.717) is 11.1 Å². The summed E-state index contributed by atoms with van der Waals surface area (Å²) in [7, 11) is 0. The van der Waals surface area contributed by atoms with E-state index in [2.05, 4.69) is 5.32 Å². The van der Waals surface area contributed by atoms with E-state index in [1.807, 2.05) is 0 Å². The van der Waals surface area contributed by atoms with Gasteiger partial charge >= 0.3 is 11.9 Å². The van der Waals surface area contributed by atoms with Crippen LogP contribution in [0.1, 0.15) is 23.5 Å². The van der Waals surface area contributed by atoms with E-state index in [-0.39, 0.29) is 0 Å². The zero-order valence-corrected chi connectivity index (χ0v) is 13.8. The van der Waals surface area contributed by atoms with Crippen molar-refractivity contribution in [3.63, 3.8) is 0 Å². The average Bonchev–Trinajstić information content (AvgIpc) is 2.61. The topological polar surface area (TPSA) is 124 Å². The number of nitrogens with one attached hydrogen (secondary N) is 1. The maximum Gasteiger partial charge on any atom is 0.328 e. The van der Waals surface area contributed by atoms with Gasteiger partial charge in [-0.05, 0) is 11.1 Å². The van der Waals surface area contributed by atoms with Gasteiger partial charge in [-0.25, -0.2) is 4.79 Å². The van der Waals surface area contributed by atoms with E-state index < -0.39 is 42.3 Å². The standard InChI is InChI=1S/C19H19NO6/c21-14(11-15(22)23)17(19(25)26)20-18(24)16(12-7-3-1-4-8-12)13-9-5-2-6-10-13/h1-10,14,16-17,21H,11H2,(H,20,24)(H,22,23)(H,25,26). The van der Waals surface area contributed by atoms with Crippen LogP contribution in [0.5, 0.6) is 0 Å². The van der Waals surface area contributed by atoms with E-state index in [9.17, 15) is 24.6 Å². The van der Waals surface area contributed by atoms with E-state index in [4.69, 9.17) is 5.11 Å². The molecule has 2 unspecified atom stereocenters. The molecule has 0 aliphatic carbocycles. The lowest BCUT2D eigenvalue weighted by atomic mass is 9.90. The number of carboxylic acids is 2. The fraction of sp³-hybridized carbons (Fsp3) is 0.211. The van der Waals surface area contributed by atoms with Crippen molar-refractivity contribution in [2.45, 2.75) is 24.5 Å². The number of aliphatic hydroxyl groups is 1. The average molecular weight is 357 g/mol. The Morgan fingerprint density at radius 1 is 0.846 bits per heavy atom. The van der Waals surface area contributed by atoms with Crippen LogP contribution in [0.4, 0.5) is 0 Å². The Balaban J connectivity index is 2.31. The van der Waals surface area contributed by atoms with Crippen LogP contribution in [0.25, 0.3) is 0 Å². The van der Waals surface area contributed by atoms with Crippen LogP contribution >= 0.6 is 0 Å². The van der Waals surface area contributed by atoms with Crippen LogP contribution < -0.4 is 5.32 Å². The second-order valence-corrected chi connectivity index (χ2v) is 5.74. The smallest absolute Gasteiger partial charge is 0.328 e. The lowest BCUT2D eigenvalue weighted by molar-refractivity contribution is -0.147. The normalized spacial score (nSPS) is 13.0. The summed E-state index contributed by atoms with van der Waals surface area (Å²) in [4.78, 5) is 34.9. The lowest BCUT2D eigenvalue weighted by Crippen LogP contribution is -2.50. The van der Waals surface area contributed by atoms with Crippen molar-refractivity contribution in [1.29, 1.82) is 0 Å². The highest BCUT2D eigenvalue weighted by molar-refractivity contribution is 5.91. The third-order valence-corrected chi connectivity index (χ3v) is 3.86. The summed E-state index contributed by atoms with van der Waals surface area (Å²) in [6.07, 6.45) is -2.54. The van der Waals surface area contributed by atoms with Gasteiger partial charge in [-0.1, -0.05) is 60.7 Å². The van der Waals surface area contributed by atoms with Crippen molar-refractivity contribution in [2.75, 3.05) is 0 Å². The Morgan fingerprint density at radius 2 is 1.31 bits per heavy atom. The van der Waals surface area contributed by atoms with E-state index in [1.165, 1.54) is 0 Å². The Bertz CT molecular complexity index is 723. The maximum absolute atomic E-state index is 12.8. The molecule has 2 atom stereocenters. The minimum Gasteiger partial charge on any atom is -0.481 e. The molecule has 0 aliphatic rings. The first-order valence-corrected chi connectivity index (χ1v) is 7.93. The lowest BCUT2D eigenvalue weighted by Gasteiger charge is -2.23. The molecule has 1 amide bonds. The molecular weight excluding hydrogens is 338 g/mol. The molecule has 0 fully saturated rings. The number of benzene rings is 2. The molecule has 2 aromatic carbocycles. The van der Waals surface area contributed by atoms with E-state index in [0.717, 1.165) is 0 Å². The second-order valence-electron chi connectivity index (χ2n) is 5.74. The molecule has 2 aromatic rings. The van der Waals surface area contributed by atoms with Crippen LogP contribution in [0, 0.1) is 0 Å². The van der Waals surface area contributed by atoms with Gasteiger partial charge in [0.15, 0.2) is 6.04 Å². The third-order valence-electron chi connectivity index (χ3n) is 3.86. The SMILES string of the molecule is O=C(O)CC(O)C(NC(=O)C(c1ccccc1)c1ccccc1)C(=O)O. The molecule has 0 heterocycles. The van der Waals surface area contributed by atoms with Crippen LogP contribution in [-0.2, 0) is 14.4 Å². The summed E-state index contributed by atoms with van der Waals surface area (Å²) < 4.78 is 0. The van der Waals surface area contributed by atoms with Gasteiger partial charge in [0, 0.05) is 0 Å². The number of aliphatic hydroxyl groups excluding tert-OH is 1. The van der Waals surface area contributed by atoms with Gasteiger partial charge in [0.2, 0.25) is 5.91 Å². The van der Waals surface area contributed by atoms with Crippen LogP contribution in [0.3, 0.4) is 0 Å². The molecule has 0 saturated heterocycles. The summed E-state index contributed by atoms with van der Waals surface area (Å²) in [6.45, 7) is 0. The Labute approximate surface area is 149 Å². The highest BCUT2D eigenvalue weighted by Gasteiger charge is 2.33. The molecule has 2 rings (SSSR count). The first-order chi connectivity index (χ1) is 12.4. The minimum absolute atomic E-state index is 0.640. The van der Waals surface area contributed by atoms with Gasteiger partial charge in [0.1, 0.15) is 0 Å². The Morgan fingerprint density at radius 3 is 1.69 bits per heavy atom. The first kappa shape index (κ1) is 19.1. The quantitative estimate of drug-likeness (QED) is 0.563. The zero-order valence-electron chi connectivity index (χ0n) is 13.8. The van der Waals surface area contributed by atoms with Crippen molar-refractivity contribution in [3.8, 4) is 0 Å². The fourth-order valence-corrected chi connectivity index (χ4v) is 2.64. The van der Waals surface area contributed by atoms with Crippen molar-refractivity contribution in [2.24, 2.45) is 0 Å². The molecule has 0 aromatic heterocycles. The van der Waals surface area contributed by atoms with Crippen molar-refractivity contribution in [3.05, 3.63) is 71.8 Å². The molecule has 4 N–H and O–H groups in total. The predicted octanol–water partition coefficient (Wildman–Crippen LogP) is 1.22. The molecular formula is C19H19NO6. The molecule has 0 bridgehead atoms. The molecule has 0 spiro atoms. The van der Waals surface area contributed by atoms with Gasteiger partial charge in [0.05, 0.1) is 18.4 Å². The van der Waals surface area contributed by atoms with Gasteiger partial charge < -0.3 is 20.6 Å². The van der Waals surface area contributed by atoms with Gasteiger partial charge in [0.25, 0.3) is 0 Å². The Kier molecular flexibility index (Phi) is 6.46. The van der Waals surface area contributed by atoms with Crippen LogP contribution in [0.15, 0.2) is 60.7 Å². The number of carbonyl (C=O) groups excluding carboxylic acids is 1. The number of amides is 1. The van der Waals surface area contributed by atoms with Crippen molar-refractivity contribution < 1.29 is 29.7 Å². The number of hydrogen-bond acceptors (Lipinski definition) is 4. The zero-order chi connectivity index (χ0) is 19.1. The predicted molar refractivity (Wildman–Crippen MR) is 92.6 cm³/mol. The Hall–Kier alpha value is -3.19. The minimum atomic E-state index is -1.75. The summed E-state index contributed by atoms with van der Waals surface area (Å²) in [5.74, 6) is -4.30. The van der Waals surface area contributed by atoms with Crippen molar-refractivity contribution >= 4 is 17.8 Å². The number of carboxylic acid groups (broad SMARTS) is 2. The largest absolute Gasteiger partial charge is 0.481 e. The second kappa shape index (κ2) is 8.77. The molecule has 0 saturated carbocycles. The fourth-order valence-electron chi connectivity index (χ4n) is 2.64. The number of rotatable bonds is 8.